The lowest BCUT2D eigenvalue weighted by atomic mass is 10.2. The van der Waals surface area contributed by atoms with Gasteiger partial charge in [-0.1, -0.05) is 6.07 Å². The highest BCUT2D eigenvalue weighted by Crippen LogP contribution is 2.16. The van der Waals surface area contributed by atoms with E-state index < -0.39 is 0 Å². The number of hydrogen-bond acceptors (Lipinski definition) is 4. The minimum Gasteiger partial charge on any atom is -0.497 e. The number of carbonyl (C=O) groups excluding carboxylic acids is 2. The predicted octanol–water partition coefficient (Wildman–Crippen LogP) is 2.05. The van der Waals surface area contributed by atoms with Crippen LogP contribution < -0.4 is 10.1 Å². The lowest BCUT2D eigenvalue weighted by Crippen LogP contribution is -2.35. The van der Waals surface area contributed by atoms with Gasteiger partial charge in [0.25, 0.3) is 5.91 Å². The second-order valence-corrected chi connectivity index (χ2v) is 5.55. The van der Waals surface area contributed by atoms with Gasteiger partial charge in [0.05, 0.1) is 19.2 Å². The van der Waals surface area contributed by atoms with Crippen molar-refractivity contribution in [2.24, 2.45) is 0 Å². The second-order valence-electron chi connectivity index (χ2n) is 5.55. The molecule has 0 radical (unpaired) electrons. The first-order chi connectivity index (χ1) is 12.1. The Balaban J connectivity index is 1.64. The molecular formula is C18H18N4O3. The number of ether oxygens (including phenoxy) is 1. The van der Waals surface area contributed by atoms with Gasteiger partial charge in [0.2, 0.25) is 5.91 Å². The fourth-order valence-corrected chi connectivity index (χ4v) is 2.46. The van der Waals surface area contributed by atoms with Gasteiger partial charge >= 0.3 is 0 Å². The first kappa shape index (κ1) is 16.5. The smallest absolute Gasteiger partial charge is 0.255 e. The number of likely N-dealkylation sites (N-methyl/N-ethyl adjacent to an activating group) is 1. The number of rotatable bonds is 5. The molecular weight excluding hydrogens is 320 g/mol. The number of benzene rings is 1. The Morgan fingerprint density at radius 2 is 2.12 bits per heavy atom. The Bertz CT molecular complexity index is 919. The molecule has 0 saturated carbocycles. The first-order valence-corrected chi connectivity index (χ1v) is 7.69. The maximum absolute atomic E-state index is 12.5. The summed E-state index contributed by atoms with van der Waals surface area (Å²) in [7, 11) is 3.15. The molecule has 0 unspecified atom stereocenters. The minimum atomic E-state index is -0.284. The summed E-state index contributed by atoms with van der Waals surface area (Å²) >= 11 is 0. The third-order valence-electron chi connectivity index (χ3n) is 3.72. The van der Waals surface area contributed by atoms with E-state index in [9.17, 15) is 9.59 Å². The molecule has 3 aromatic rings. The molecule has 0 saturated heterocycles. The lowest BCUT2D eigenvalue weighted by molar-refractivity contribution is -0.116. The van der Waals surface area contributed by atoms with E-state index in [0.29, 0.717) is 17.0 Å². The highest BCUT2D eigenvalue weighted by molar-refractivity contribution is 5.99. The van der Waals surface area contributed by atoms with Crippen molar-refractivity contribution in [3.63, 3.8) is 0 Å². The number of nitrogens with zero attached hydrogens (tertiary/aromatic N) is 3. The number of hydrogen-bond donors (Lipinski definition) is 1. The quantitative estimate of drug-likeness (QED) is 0.772. The molecule has 2 amide bonds. The van der Waals surface area contributed by atoms with Crippen LogP contribution in [0.1, 0.15) is 10.4 Å². The van der Waals surface area contributed by atoms with Crippen LogP contribution in [0.3, 0.4) is 0 Å². The van der Waals surface area contributed by atoms with Crippen LogP contribution in [0.15, 0.2) is 55.0 Å². The molecule has 1 aromatic carbocycles. The van der Waals surface area contributed by atoms with Gasteiger partial charge in [-0.05, 0) is 24.3 Å². The van der Waals surface area contributed by atoms with E-state index in [1.54, 1.807) is 73.5 Å². The molecule has 128 valence electrons. The zero-order chi connectivity index (χ0) is 17.8. The summed E-state index contributed by atoms with van der Waals surface area (Å²) in [4.78, 5) is 30.2. The Hall–Kier alpha value is -3.35. The number of carbonyl (C=O) groups is 2. The average molecular weight is 338 g/mol. The molecule has 25 heavy (non-hydrogen) atoms. The number of aromatic nitrogens is 2. The number of amides is 2. The van der Waals surface area contributed by atoms with E-state index in [0.717, 1.165) is 5.65 Å². The van der Waals surface area contributed by atoms with Crippen molar-refractivity contribution in [1.29, 1.82) is 0 Å². The summed E-state index contributed by atoms with van der Waals surface area (Å²) in [6, 6.07) is 10.5. The van der Waals surface area contributed by atoms with Crippen LogP contribution in [0.25, 0.3) is 5.65 Å². The molecule has 0 aliphatic heterocycles. The molecule has 7 heteroatoms. The highest BCUT2D eigenvalue weighted by Gasteiger charge is 2.16. The number of imidazole rings is 1. The van der Waals surface area contributed by atoms with Crippen LogP contribution in [0.5, 0.6) is 5.75 Å². The monoisotopic (exact) mass is 338 g/mol. The topological polar surface area (TPSA) is 75.9 Å². The zero-order valence-corrected chi connectivity index (χ0v) is 14.0. The zero-order valence-electron chi connectivity index (χ0n) is 14.0. The van der Waals surface area contributed by atoms with E-state index in [2.05, 4.69) is 10.3 Å². The molecule has 2 heterocycles. The molecule has 0 bridgehead atoms. The maximum Gasteiger partial charge on any atom is 0.255 e. The van der Waals surface area contributed by atoms with Crippen molar-refractivity contribution in [2.75, 3.05) is 26.0 Å². The predicted molar refractivity (Wildman–Crippen MR) is 93.8 cm³/mol. The van der Waals surface area contributed by atoms with Crippen LogP contribution >= 0.6 is 0 Å². The molecule has 3 rings (SSSR count). The van der Waals surface area contributed by atoms with E-state index in [1.165, 1.54) is 4.90 Å². The number of methoxy groups -OCH3 is 1. The lowest BCUT2D eigenvalue weighted by Gasteiger charge is -2.17. The van der Waals surface area contributed by atoms with Gasteiger partial charge in [-0.2, -0.15) is 0 Å². The number of fused-ring (bicyclic) bond motifs is 1. The molecule has 1 N–H and O–H groups in total. The Kier molecular flexibility index (Phi) is 4.65. The van der Waals surface area contributed by atoms with Crippen molar-refractivity contribution in [2.45, 2.75) is 0 Å². The van der Waals surface area contributed by atoms with Gasteiger partial charge in [-0.15, -0.1) is 0 Å². The standard InChI is InChI=1S/C18H18N4O3/c1-21(12-17(23)20-14-4-3-5-15(10-14)25-2)18(24)13-6-7-16-19-8-9-22(16)11-13/h3-11H,12H2,1-2H3,(H,20,23). The van der Waals surface area contributed by atoms with Crippen LogP contribution in [0.4, 0.5) is 5.69 Å². The SMILES string of the molecule is COc1cccc(NC(=O)CN(C)C(=O)c2ccc3nccn3c2)c1. The first-order valence-electron chi connectivity index (χ1n) is 7.69. The van der Waals surface area contributed by atoms with Gasteiger partial charge < -0.3 is 19.4 Å². The number of nitrogens with one attached hydrogen (secondary N) is 1. The summed E-state index contributed by atoms with van der Waals surface area (Å²) in [5.41, 5.74) is 1.86. The van der Waals surface area contributed by atoms with Crippen LogP contribution in [0, 0.1) is 0 Å². The number of pyridine rings is 1. The normalized spacial score (nSPS) is 10.5. The maximum atomic E-state index is 12.5. The van der Waals surface area contributed by atoms with E-state index >= 15 is 0 Å². The molecule has 0 spiro atoms. The summed E-state index contributed by atoms with van der Waals surface area (Å²) in [6.45, 7) is -0.0575. The summed E-state index contributed by atoms with van der Waals surface area (Å²) < 4.78 is 6.88. The Labute approximate surface area is 144 Å². The molecule has 0 aliphatic carbocycles. The van der Waals surface area contributed by atoms with Crippen LogP contribution in [0.2, 0.25) is 0 Å². The second kappa shape index (κ2) is 7.04. The van der Waals surface area contributed by atoms with Gasteiger partial charge in [0.1, 0.15) is 11.4 Å². The van der Waals surface area contributed by atoms with Gasteiger partial charge in [0, 0.05) is 37.4 Å². The summed E-state index contributed by atoms with van der Waals surface area (Å²) in [6.07, 6.45) is 5.12. The number of anilines is 1. The van der Waals surface area contributed by atoms with E-state index in [-0.39, 0.29) is 18.4 Å². The van der Waals surface area contributed by atoms with E-state index in [4.69, 9.17) is 4.74 Å². The molecule has 7 nitrogen and oxygen atoms in total. The fraction of sp³-hybridized carbons (Fsp3) is 0.167. The Morgan fingerprint density at radius 3 is 2.92 bits per heavy atom. The van der Waals surface area contributed by atoms with Gasteiger partial charge in [0.15, 0.2) is 0 Å². The summed E-state index contributed by atoms with van der Waals surface area (Å²) in [5.74, 6) is 0.125. The molecule has 2 aromatic heterocycles. The largest absolute Gasteiger partial charge is 0.497 e. The van der Waals surface area contributed by atoms with Crippen molar-refractivity contribution in [1.82, 2.24) is 14.3 Å². The average Bonchev–Trinajstić information content (AvgIpc) is 3.08. The van der Waals surface area contributed by atoms with Crippen molar-refractivity contribution >= 4 is 23.1 Å². The third-order valence-corrected chi connectivity index (χ3v) is 3.72. The highest BCUT2D eigenvalue weighted by atomic mass is 16.5. The van der Waals surface area contributed by atoms with Gasteiger partial charge in [-0.3, -0.25) is 9.59 Å². The van der Waals surface area contributed by atoms with Crippen molar-refractivity contribution in [3.8, 4) is 5.75 Å². The van der Waals surface area contributed by atoms with Crippen molar-refractivity contribution in [3.05, 3.63) is 60.6 Å². The van der Waals surface area contributed by atoms with Gasteiger partial charge in [-0.25, -0.2) is 4.98 Å². The van der Waals surface area contributed by atoms with Crippen LogP contribution in [-0.2, 0) is 4.79 Å². The van der Waals surface area contributed by atoms with Crippen LogP contribution in [-0.4, -0.2) is 46.8 Å². The van der Waals surface area contributed by atoms with E-state index in [1.807, 2.05) is 0 Å². The molecule has 0 fully saturated rings. The van der Waals surface area contributed by atoms with Crippen molar-refractivity contribution < 1.29 is 14.3 Å². The third kappa shape index (κ3) is 3.77. The molecule has 0 aliphatic rings. The molecule has 0 atom stereocenters. The Morgan fingerprint density at radius 1 is 1.28 bits per heavy atom. The fourth-order valence-electron chi connectivity index (χ4n) is 2.46. The summed E-state index contributed by atoms with van der Waals surface area (Å²) in [5, 5.41) is 2.75. The minimum absolute atomic E-state index is 0.0575.